The highest BCUT2D eigenvalue weighted by atomic mass is 16.4. The molecule has 19 heavy (non-hydrogen) atoms. The first-order chi connectivity index (χ1) is 8.65. The minimum absolute atomic E-state index is 0.228. The van der Waals surface area contributed by atoms with E-state index in [-0.39, 0.29) is 5.91 Å². The van der Waals surface area contributed by atoms with Gasteiger partial charge in [0.05, 0.1) is 5.54 Å². The average Bonchev–Trinajstić information content (AvgIpc) is 2.28. The number of nitrogens with zero attached hydrogens (tertiary/aromatic N) is 1. The Kier molecular flexibility index (Phi) is 4.61. The highest BCUT2D eigenvalue weighted by Gasteiger charge is 2.46. The predicted octanol–water partition coefficient (Wildman–Crippen LogP) is 1.61. The molecule has 1 fully saturated rings. The van der Waals surface area contributed by atoms with Gasteiger partial charge in [-0.25, -0.2) is 4.79 Å². The number of likely N-dealkylation sites (N-methyl/N-ethyl adjacent to an activating group) is 1. The fourth-order valence-corrected chi connectivity index (χ4v) is 2.96. The molecule has 0 aromatic heterocycles. The summed E-state index contributed by atoms with van der Waals surface area (Å²) in [5.74, 6) is -0.821. The van der Waals surface area contributed by atoms with Crippen LogP contribution in [0.4, 0.5) is 0 Å². The number of rotatable bonds is 4. The maximum atomic E-state index is 12.7. The predicted molar refractivity (Wildman–Crippen MR) is 73.7 cm³/mol. The summed E-state index contributed by atoms with van der Waals surface area (Å²) in [7, 11) is 0. The Morgan fingerprint density at radius 1 is 1.47 bits per heavy atom. The second kappa shape index (κ2) is 5.49. The number of carboxylic acid groups (broad SMARTS) is 1. The van der Waals surface area contributed by atoms with Crippen molar-refractivity contribution in [2.24, 2.45) is 11.7 Å². The van der Waals surface area contributed by atoms with Crippen LogP contribution in [0, 0.1) is 5.92 Å². The summed E-state index contributed by atoms with van der Waals surface area (Å²) in [4.78, 5) is 25.4. The van der Waals surface area contributed by atoms with Crippen LogP contribution < -0.4 is 5.73 Å². The maximum Gasteiger partial charge on any atom is 0.329 e. The Bertz CT molecular complexity index is 368. The van der Waals surface area contributed by atoms with Crippen LogP contribution in [0.3, 0.4) is 0 Å². The van der Waals surface area contributed by atoms with Crippen molar-refractivity contribution < 1.29 is 14.7 Å². The molecule has 0 heterocycles. The van der Waals surface area contributed by atoms with Crippen molar-refractivity contribution >= 4 is 11.9 Å². The van der Waals surface area contributed by atoms with Gasteiger partial charge in [-0.15, -0.1) is 0 Å². The van der Waals surface area contributed by atoms with Crippen LogP contribution in [0.25, 0.3) is 0 Å². The fraction of sp³-hybridized carbons (Fsp3) is 0.857. The van der Waals surface area contributed by atoms with E-state index in [4.69, 9.17) is 5.73 Å². The molecule has 1 rings (SSSR count). The summed E-state index contributed by atoms with van der Waals surface area (Å²) in [6, 6.07) is 0. The van der Waals surface area contributed by atoms with Crippen LogP contribution in [0.5, 0.6) is 0 Å². The number of carbonyl (C=O) groups is 2. The molecule has 110 valence electrons. The van der Waals surface area contributed by atoms with Gasteiger partial charge in [0.2, 0.25) is 5.91 Å². The van der Waals surface area contributed by atoms with Crippen LogP contribution in [0.1, 0.15) is 53.4 Å². The molecule has 1 saturated carbocycles. The van der Waals surface area contributed by atoms with Gasteiger partial charge in [0.15, 0.2) is 0 Å². The zero-order valence-electron chi connectivity index (χ0n) is 12.4. The fourth-order valence-electron chi connectivity index (χ4n) is 2.96. The van der Waals surface area contributed by atoms with Gasteiger partial charge >= 0.3 is 5.97 Å². The van der Waals surface area contributed by atoms with E-state index in [1.165, 1.54) is 4.90 Å². The van der Waals surface area contributed by atoms with E-state index in [2.05, 4.69) is 6.92 Å². The molecular formula is C14H26N2O3. The molecule has 0 spiro atoms. The molecule has 1 aliphatic rings. The number of aliphatic carboxylic acids is 1. The van der Waals surface area contributed by atoms with Crippen LogP contribution in [0.2, 0.25) is 0 Å². The summed E-state index contributed by atoms with van der Waals surface area (Å²) >= 11 is 0. The molecule has 2 unspecified atom stereocenters. The van der Waals surface area contributed by atoms with E-state index < -0.39 is 17.0 Å². The first-order valence-electron chi connectivity index (χ1n) is 6.99. The molecule has 1 amide bonds. The zero-order chi connectivity index (χ0) is 14.8. The highest BCUT2D eigenvalue weighted by molar-refractivity contribution is 5.91. The molecule has 0 aliphatic heterocycles. The van der Waals surface area contributed by atoms with Gasteiger partial charge < -0.3 is 15.7 Å². The molecule has 5 heteroatoms. The lowest BCUT2D eigenvalue weighted by atomic mass is 9.75. The van der Waals surface area contributed by atoms with E-state index in [9.17, 15) is 14.7 Å². The minimum atomic E-state index is -1.22. The van der Waals surface area contributed by atoms with Gasteiger partial charge in [-0.1, -0.05) is 19.8 Å². The molecule has 3 N–H and O–H groups in total. The summed E-state index contributed by atoms with van der Waals surface area (Å²) in [5.41, 5.74) is 4.16. The standard InChI is InChI=1S/C14H26N2O3/c1-5-16(13(3,4)12(18)19)11(17)14(15)8-6-7-10(2)9-14/h10H,5-9,15H2,1-4H3,(H,18,19). The summed E-state index contributed by atoms with van der Waals surface area (Å²) < 4.78 is 0. The van der Waals surface area contributed by atoms with Crippen LogP contribution in [0.15, 0.2) is 0 Å². The Hall–Kier alpha value is -1.10. The van der Waals surface area contributed by atoms with Gasteiger partial charge in [0.1, 0.15) is 5.54 Å². The van der Waals surface area contributed by atoms with Crippen molar-refractivity contribution in [3.05, 3.63) is 0 Å². The molecule has 0 bridgehead atoms. The second-order valence-electron chi connectivity index (χ2n) is 6.27. The molecule has 1 aliphatic carbocycles. The van der Waals surface area contributed by atoms with Gasteiger partial charge in [-0.3, -0.25) is 4.79 Å². The minimum Gasteiger partial charge on any atom is -0.480 e. The lowest BCUT2D eigenvalue weighted by molar-refractivity contribution is -0.160. The third-order valence-corrected chi connectivity index (χ3v) is 4.22. The third-order valence-electron chi connectivity index (χ3n) is 4.22. The lowest BCUT2D eigenvalue weighted by Gasteiger charge is -2.43. The van der Waals surface area contributed by atoms with E-state index in [1.54, 1.807) is 20.8 Å². The van der Waals surface area contributed by atoms with Gasteiger partial charge in [-0.05, 0) is 39.5 Å². The number of amides is 1. The zero-order valence-corrected chi connectivity index (χ0v) is 12.4. The van der Waals surface area contributed by atoms with Crippen molar-refractivity contribution in [1.29, 1.82) is 0 Å². The smallest absolute Gasteiger partial charge is 0.329 e. The first kappa shape index (κ1) is 16.0. The Balaban J connectivity index is 2.99. The molecular weight excluding hydrogens is 244 g/mol. The average molecular weight is 270 g/mol. The third kappa shape index (κ3) is 3.08. The normalized spacial score (nSPS) is 27.9. The Morgan fingerprint density at radius 2 is 2.05 bits per heavy atom. The van der Waals surface area contributed by atoms with E-state index in [1.807, 2.05) is 0 Å². The van der Waals surface area contributed by atoms with Gasteiger partial charge in [-0.2, -0.15) is 0 Å². The maximum absolute atomic E-state index is 12.7. The van der Waals surface area contributed by atoms with E-state index >= 15 is 0 Å². The first-order valence-corrected chi connectivity index (χ1v) is 6.99. The van der Waals surface area contributed by atoms with Crippen molar-refractivity contribution in [3.8, 4) is 0 Å². The van der Waals surface area contributed by atoms with Gasteiger partial charge in [0.25, 0.3) is 0 Å². The molecule has 2 atom stereocenters. The number of nitrogens with two attached hydrogens (primary N) is 1. The van der Waals surface area contributed by atoms with E-state index in [0.29, 0.717) is 25.3 Å². The second-order valence-corrected chi connectivity index (χ2v) is 6.27. The molecule has 0 radical (unpaired) electrons. The summed E-state index contributed by atoms with van der Waals surface area (Å²) in [6.07, 6.45) is 3.29. The quantitative estimate of drug-likeness (QED) is 0.813. The molecule has 0 aromatic carbocycles. The number of carbonyl (C=O) groups excluding carboxylic acids is 1. The SMILES string of the molecule is CCN(C(=O)C1(N)CCCC(C)C1)C(C)(C)C(=O)O. The van der Waals surface area contributed by atoms with Crippen LogP contribution in [-0.2, 0) is 9.59 Å². The Morgan fingerprint density at radius 3 is 2.47 bits per heavy atom. The Labute approximate surface area is 115 Å². The van der Waals surface area contributed by atoms with Crippen LogP contribution >= 0.6 is 0 Å². The topological polar surface area (TPSA) is 83.6 Å². The molecule has 5 nitrogen and oxygen atoms in total. The van der Waals surface area contributed by atoms with E-state index in [0.717, 1.165) is 12.8 Å². The number of hydrogen-bond acceptors (Lipinski definition) is 3. The molecule has 0 aromatic rings. The van der Waals surface area contributed by atoms with Crippen molar-refractivity contribution in [1.82, 2.24) is 4.90 Å². The number of carboxylic acids is 1. The number of hydrogen-bond donors (Lipinski definition) is 2. The van der Waals surface area contributed by atoms with Crippen molar-refractivity contribution in [2.45, 2.75) is 64.5 Å². The van der Waals surface area contributed by atoms with Gasteiger partial charge in [0, 0.05) is 6.54 Å². The largest absolute Gasteiger partial charge is 0.480 e. The molecule has 0 saturated heterocycles. The monoisotopic (exact) mass is 270 g/mol. The van der Waals surface area contributed by atoms with Crippen LogP contribution in [-0.4, -0.2) is 39.5 Å². The highest BCUT2D eigenvalue weighted by Crippen LogP contribution is 2.33. The lowest BCUT2D eigenvalue weighted by Crippen LogP contribution is -2.63. The van der Waals surface area contributed by atoms with Crippen molar-refractivity contribution in [3.63, 3.8) is 0 Å². The summed E-state index contributed by atoms with van der Waals surface area (Å²) in [6.45, 7) is 7.33. The summed E-state index contributed by atoms with van der Waals surface area (Å²) in [5, 5.41) is 9.29. The van der Waals surface area contributed by atoms with Crippen molar-refractivity contribution in [2.75, 3.05) is 6.54 Å².